The number of hydrogen-bond acceptors (Lipinski definition) is 3. The summed E-state index contributed by atoms with van der Waals surface area (Å²) in [7, 11) is 0. The van der Waals surface area contributed by atoms with E-state index >= 15 is 0 Å². The average molecular weight is 262 g/mol. The Labute approximate surface area is 115 Å². The van der Waals surface area contributed by atoms with E-state index in [1.54, 1.807) is 18.2 Å². The van der Waals surface area contributed by atoms with Crippen LogP contribution in [0.5, 0.6) is 11.5 Å². The van der Waals surface area contributed by atoms with E-state index in [2.05, 4.69) is 6.58 Å². The molecule has 1 aromatic carbocycles. The van der Waals surface area contributed by atoms with E-state index in [0.717, 1.165) is 12.8 Å². The molecule has 0 saturated heterocycles. The lowest BCUT2D eigenvalue weighted by atomic mass is 10.0. The van der Waals surface area contributed by atoms with Crippen molar-refractivity contribution in [1.82, 2.24) is 0 Å². The first-order valence-corrected chi connectivity index (χ1v) is 6.76. The van der Waals surface area contributed by atoms with Gasteiger partial charge in [-0.05, 0) is 44.9 Å². The van der Waals surface area contributed by atoms with E-state index in [0.29, 0.717) is 36.7 Å². The number of hydrogen-bond donors (Lipinski definition) is 0. The highest BCUT2D eigenvalue weighted by molar-refractivity contribution is 5.96. The van der Waals surface area contributed by atoms with Crippen LogP contribution in [0.3, 0.4) is 0 Å². The summed E-state index contributed by atoms with van der Waals surface area (Å²) in [4.78, 5) is 12.0. The van der Waals surface area contributed by atoms with Gasteiger partial charge >= 0.3 is 0 Å². The van der Waals surface area contributed by atoms with Crippen LogP contribution in [-0.4, -0.2) is 19.0 Å². The predicted octanol–water partition coefficient (Wildman–Crippen LogP) is 4.02. The molecule has 0 spiro atoms. The van der Waals surface area contributed by atoms with E-state index in [9.17, 15) is 4.79 Å². The van der Waals surface area contributed by atoms with Gasteiger partial charge in [-0.1, -0.05) is 6.08 Å². The van der Waals surface area contributed by atoms with E-state index < -0.39 is 0 Å². The van der Waals surface area contributed by atoms with Crippen molar-refractivity contribution in [2.45, 2.75) is 33.1 Å². The molecule has 0 aromatic heterocycles. The lowest BCUT2D eigenvalue weighted by Gasteiger charge is -2.12. The molecule has 0 radical (unpaired) electrons. The second kappa shape index (κ2) is 8.35. The summed E-state index contributed by atoms with van der Waals surface area (Å²) in [6.07, 6.45) is 4.06. The van der Waals surface area contributed by atoms with Crippen molar-refractivity contribution in [2.75, 3.05) is 13.2 Å². The summed E-state index contributed by atoms with van der Waals surface area (Å²) >= 11 is 0. The summed E-state index contributed by atoms with van der Waals surface area (Å²) in [6.45, 7) is 8.61. The van der Waals surface area contributed by atoms with E-state index in [1.165, 1.54) is 0 Å². The minimum atomic E-state index is 0.130. The van der Waals surface area contributed by atoms with Crippen LogP contribution in [-0.2, 0) is 0 Å². The molecule has 0 bridgehead atoms. The molecule has 0 aliphatic rings. The highest BCUT2D eigenvalue weighted by Gasteiger charge is 2.11. The Balaban J connectivity index is 2.81. The molecule has 0 aliphatic heterocycles. The largest absolute Gasteiger partial charge is 0.490 e. The first kappa shape index (κ1) is 15.3. The Morgan fingerprint density at radius 1 is 1.21 bits per heavy atom. The van der Waals surface area contributed by atoms with Crippen LogP contribution in [0.15, 0.2) is 30.9 Å². The van der Waals surface area contributed by atoms with Crippen LogP contribution < -0.4 is 9.47 Å². The van der Waals surface area contributed by atoms with Gasteiger partial charge in [0.2, 0.25) is 0 Å². The summed E-state index contributed by atoms with van der Waals surface area (Å²) in [5.74, 6) is 1.46. The smallest absolute Gasteiger partial charge is 0.163 e. The number of benzene rings is 1. The molecule has 0 saturated carbocycles. The van der Waals surface area contributed by atoms with Crippen molar-refractivity contribution in [3.05, 3.63) is 36.4 Å². The second-order valence-corrected chi connectivity index (χ2v) is 4.13. The number of unbranched alkanes of at least 4 members (excludes halogenated alkanes) is 1. The molecule has 0 fully saturated rings. The molecular weight excluding hydrogens is 240 g/mol. The molecule has 3 heteroatoms. The van der Waals surface area contributed by atoms with Crippen molar-refractivity contribution in [3.63, 3.8) is 0 Å². The quantitative estimate of drug-likeness (QED) is 0.383. The maximum absolute atomic E-state index is 12.0. The van der Waals surface area contributed by atoms with Gasteiger partial charge in [-0.15, -0.1) is 6.58 Å². The molecule has 0 aliphatic carbocycles. The normalized spacial score (nSPS) is 10.0. The van der Waals surface area contributed by atoms with Crippen LogP contribution in [0.2, 0.25) is 0 Å². The molecule has 19 heavy (non-hydrogen) atoms. The zero-order valence-corrected chi connectivity index (χ0v) is 11.8. The van der Waals surface area contributed by atoms with Gasteiger partial charge in [0.25, 0.3) is 0 Å². The standard InChI is InChI=1S/C16H22O3/c1-4-7-8-9-14(17)13-10-11-15(18-5-2)16(12-13)19-6-3/h4,10-12H,1,5-9H2,2-3H3. The van der Waals surface area contributed by atoms with Gasteiger partial charge in [-0.3, -0.25) is 4.79 Å². The highest BCUT2D eigenvalue weighted by Crippen LogP contribution is 2.29. The van der Waals surface area contributed by atoms with Crippen molar-refractivity contribution in [2.24, 2.45) is 0 Å². The first-order chi connectivity index (χ1) is 9.22. The maximum Gasteiger partial charge on any atom is 0.163 e. The third-order valence-corrected chi connectivity index (χ3v) is 2.68. The maximum atomic E-state index is 12.0. The number of allylic oxidation sites excluding steroid dienone is 1. The van der Waals surface area contributed by atoms with Crippen molar-refractivity contribution < 1.29 is 14.3 Å². The fourth-order valence-corrected chi connectivity index (χ4v) is 1.78. The number of rotatable bonds is 9. The molecule has 0 unspecified atom stereocenters. The Hall–Kier alpha value is -1.77. The van der Waals surface area contributed by atoms with Crippen molar-refractivity contribution in [1.29, 1.82) is 0 Å². The number of carbonyl (C=O) groups excluding carboxylic acids is 1. The fourth-order valence-electron chi connectivity index (χ4n) is 1.78. The first-order valence-electron chi connectivity index (χ1n) is 6.76. The lowest BCUT2D eigenvalue weighted by molar-refractivity contribution is 0.0980. The average Bonchev–Trinajstić information content (AvgIpc) is 2.41. The van der Waals surface area contributed by atoms with Gasteiger partial charge in [0.1, 0.15) is 0 Å². The van der Waals surface area contributed by atoms with Crippen LogP contribution in [0, 0.1) is 0 Å². The summed E-state index contributed by atoms with van der Waals surface area (Å²) in [5, 5.41) is 0. The van der Waals surface area contributed by atoms with Crippen LogP contribution in [0.1, 0.15) is 43.5 Å². The molecule has 104 valence electrons. The van der Waals surface area contributed by atoms with Gasteiger partial charge in [-0.25, -0.2) is 0 Å². The van der Waals surface area contributed by atoms with E-state index in [1.807, 2.05) is 19.9 Å². The SMILES string of the molecule is C=CCCCC(=O)c1ccc(OCC)c(OCC)c1. The molecule has 1 aromatic rings. The third-order valence-electron chi connectivity index (χ3n) is 2.68. The van der Waals surface area contributed by atoms with Crippen LogP contribution in [0.25, 0.3) is 0 Å². The van der Waals surface area contributed by atoms with Gasteiger partial charge in [0.05, 0.1) is 13.2 Å². The Morgan fingerprint density at radius 3 is 2.53 bits per heavy atom. The number of Topliss-reactive ketones (excluding diaryl/α,β-unsaturated/α-hetero) is 1. The number of ketones is 1. The zero-order valence-electron chi connectivity index (χ0n) is 11.8. The Kier molecular flexibility index (Phi) is 6.72. The Morgan fingerprint density at radius 2 is 1.89 bits per heavy atom. The summed E-state index contributed by atoms with van der Waals surface area (Å²) < 4.78 is 11.0. The fraction of sp³-hybridized carbons (Fsp3) is 0.438. The minimum absolute atomic E-state index is 0.130. The lowest BCUT2D eigenvalue weighted by Crippen LogP contribution is -2.03. The van der Waals surface area contributed by atoms with Gasteiger partial charge < -0.3 is 9.47 Å². The van der Waals surface area contributed by atoms with Gasteiger partial charge in [-0.2, -0.15) is 0 Å². The summed E-state index contributed by atoms with van der Waals surface area (Å²) in [6, 6.07) is 5.36. The van der Waals surface area contributed by atoms with E-state index in [4.69, 9.17) is 9.47 Å². The van der Waals surface area contributed by atoms with Crippen molar-refractivity contribution in [3.8, 4) is 11.5 Å². The second-order valence-electron chi connectivity index (χ2n) is 4.13. The Bertz CT molecular complexity index is 424. The molecule has 0 amide bonds. The predicted molar refractivity (Wildman–Crippen MR) is 77.2 cm³/mol. The molecule has 0 atom stereocenters. The van der Waals surface area contributed by atoms with Crippen LogP contribution in [0.4, 0.5) is 0 Å². The van der Waals surface area contributed by atoms with Gasteiger partial charge in [0, 0.05) is 12.0 Å². The van der Waals surface area contributed by atoms with Gasteiger partial charge in [0.15, 0.2) is 17.3 Å². The highest BCUT2D eigenvalue weighted by atomic mass is 16.5. The third kappa shape index (κ3) is 4.78. The van der Waals surface area contributed by atoms with Crippen LogP contribution >= 0.6 is 0 Å². The molecule has 0 N–H and O–H groups in total. The molecule has 0 heterocycles. The monoisotopic (exact) mass is 262 g/mol. The van der Waals surface area contributed by atoms with E-state index in [-0.39, 0.29) is 5.78 Å². The van der Waals surface area contributed by atoms with Crippen molar-refractivity contribution >= 4 is 5.78 Å². The summed E-state index contributed by atoms with van der Waals surface area (Å²) in [5.41, 5.74) is 0.677. The minimum Gasteiger partial charge on any atom is -0.490 e. The zero-order chi connectivity index (χ0) is 14.1. The molecule has 1 rings (SSSR count). The topological polar surface area (TPSA) is 35.5 Å². The number of carbonyl (C=O) groups is 1. The molecule has 3 nitrogen and oxygen atoms in total. The number of ether oxygens (including phenoxy) is 2. The molecular formula is C16H22O3.